The second-order valence-corrected chi connectivity index (χ2v) is 5.96. The number of hydrogen-bond donors (Lipinski definition) is 1. The summed E-state index contributed by atoms with van der Waals surface area (Å²) in [6, 6.07) is 12.9. The summed E-state index contributed by atoms with van der Waals surface area (Å²) in [5, 5.41) is 3.28. The molecule has 0 bridgehead atoms. The van der Waals surface area contributed by atoms with E-state index in [2.05, 4.69) is 5.32 Å². The molecule has 0 aromatic heterocycles. The van der Waals surface area contributed by atoms with Gasteiger partial charge >= 0.3 is 0 Å². The maximum atomic E-state index is 12.0. The molecule has 0 aliphatic rings. The number of aryl methyl sites for hydroxylation is 1. The summed E-state index contributed by atoms with van der Waals surface area (Å²) < 4.78 is 5.16. The fourth-order valence-corrected chi connectivity index (χ4v) is 2.58. The summed E-state index contributed by atoms with van der Waals surface area (Å²) in [6.07, 6.45) is 0.712. The Labute approximate surface area is 146 Å². The Morgan fingerprint density at radius 2 is 1.96 bits per heavy atom. The van der Waals surface area contributed by atoms with Crippen molar-refractivity contribution in [2.24, 2.45) is 0 Å². The molecule has 0 aliphatic heterocycles. The largest absolute Gasteiger partial charge is 0.497 e. The fraction of sp³-hybridized carbons (Fsp3) is 0.263. The van der Waals surface area contributed by atoms with Crippen molar-refractivity contribution in [3.63, 3.8) is 0 Å². The fourth-order valence-electron chi connectivity index (χ4n) is 2.36. The quantitative estimate of drug-likeness (QED) is 0.784. The molecule has 2 aromatic rings. The average molecular weight is 346 g/mol. The van der Waals surface area contributed by atoms with Crippen molar-refractivity contribution in [2.75, 3.05) is 13.7 Å². The summed E-state index contributed by atoms with van der Waals surface area (Å²) in [6.45, 7) is 2.27. The first-order valence-electron chi connectivity index (χ1n) is 7.68. The van der Waals surface area contributed by atoms with Gasteiger partial charge < -0.3 is 10.1 Å². The molecule has 2 rings (SSSR count). The summed E-state index contributed by atoms with van der Waals surface area (Å²) >= 11 is 5.89. The molecule has 0 saturated heterocycles. The number of nitrogens with one attached hydrogen (secondary N) is 1. The highest BCUT2D eigenvalue weighted by Crippen LogP contribution is 2.16. The molecule has 0 fully saturated rings. The molecule has 24 heavy (non-hydrogen) atoms. The maximum Gasteiger partial charge on any atom is 0.287 e. The van der Waals surface area contributed by atoms with Gasteiger partial charge in [-0.2, -0.15) is 0 Å². The lowest BCUT2D eigenvalue weighted by Crippen LogP contribution is -2.33. The van der Waals surface area contributed by atoms with E-state index >= 15 is 0 Å². The van der Waals surface area contributed by atoms with Crippen LogP contribution in [0, 0.1) is 6.92 Å². The predicted octanol–water partition coefficient (Wildman–Crippen LogP) is 3.13. The molecule has 4 nitrogen and oxygen atoms in total. The summed E-state index contributed by atoms with van der Waals surface area (Å²) in [4.78, 5) is 24.0. The summed E-state index contributed by atoms with van der Waals surface area (Å²) in [5.41, 5.74) is 2.75. The molecular formula is C19H20ClNO3. The van der Waals surface area contributed by atoms with Gasteiger partial charge in [0.05, 0.1) is 7.11 Å². The van der Waals surface area contributed by atoms with Gasteiger partial charge in [0.25, 0.3) is 5.91 Å². The minimum Gasteiger partial charge on any atom is -0.497 e. The van der Waals surface area contributed by atoms with Gasteiger partial charge in [-0.15, -0.1) is 0 Å². The first-order valence-corrected chi connectivity index (χ1v) is 8.06. The molecule has 5 heteroatoms. The van der Waals surface area contributed by atoms with Crippen LogP contribution < -0.4 is 10.1 Å². The van der Waals surface area contributed by atoms with Crippen molar-refractivity contribution in [3.8, 4) is 5.75 Å². The van der Waals surface area contributed by atoms with E-state index in [1.54, 1.807) is 25.3 Å². The van der Waals surface area contributed by atoms with Crippen molar-refractivity contribution < 1.29 is 14.3 Å². The summed E-state index contributed by atoms with van der Waals surface area (Å²) in [7, 11) is 1.61. The average Bonchev–Trinajstić information content (AvgIpc) is 2.57. The summed E-state index contributed by atoms with van der Waals surface area (Å²) in [5.74, 6) is -0.244. The maximum absolute atomic E-state index is 12.0. The van der Waals surface area contributed by atoms with Gasteiger partial charge in [0.2, 0.25) is 5.78 Å². The minimum atomic E-state index is -0.563. The van der Waals surface area contributed by atoms with Gasteiger partial charge in [-0.3, -0.25) is 9.59 Å². The molecule has 1 N–H and O–H groups in total. The Bertz CT molecular complexity index is 743. The Balaban J connectivity index is 1.84. The molecule has 0 heterocycles. The monoisotopic (exact) mass is 345 g/mol. The van der Waals surface area contributed by atoms with E-state index < -0.39 is 11.7 Å². The first-order chi connectivity index (χ1) is 11.5. The van der Waals surface area contributed by atoms with E-state index in [1.807, 2.05) is 31.2 Å². The third-order valence-electron chi connectivity index (χ3n) is 3.74. The van der Waals surface area contributed by atoms with Crippen LogP contribution in [0.5, 0.6) is 5.75 Å². The Morgan fingerprint density at radius 3 is 2.67 bits per heavy atom. The predicted molar refractivity (Wildman–Crippen MR) is 94.6 cm³/mol. The van der Waals surface area contributed by atoms with Crippen LogP contribution in [-0.4, -0.2) is 25.3 Å². The smallest absolute Gasteiger partial charge is 0.287 e. The number of amides is 1. The van der Waals surface area contributed by atoms with Gasteiger partial charge in [-0.05, 0) is 54.3 Å². The van der Waals surface area contributed by atoms with E-state index in [4.69, 9.17) is 16.3 Å². The SMILES string of the molecule is COc1cccc(CCNC(=O)C(=O)Cc2ccc(Cl)cc2C)c1. The van der Waals surface area contributed by atoms with Crippen molar-refractivity contribution in [1.82, 2.24) is 5.32 Å². The second kappa shape index (κ2) is 8.50. The van der Waals surface area contributed by atoms with Crippen LogP contribution in [0.4, 0.5) is 0 Å². The molecule has 0 spiro atoms. The van der Waals surface area contributed by atoms with Crippen LogP contribution in [-0.2, 0) is 22.4 Å². The van der Waals surface area contributed by atoms with Crippen LogP contribution in [0.2, 0.25) is 5.02 Å². The van der Waals surface area contributed by atoms with Crippen LogP contribution in [0.15, 0.2) is 42.5 Å². The molecule has 0 atom stereocenters. The number of ether oxygens (including phenoxy) is 1. The van der Waals surface area contributed by atoms with Gasteiger partial charge in [0, 0.05) is 18.0 Å². The number of hydrogen-bond acceptors (Lipinski definition) is 3. The zero-order chi connectivity index (χ0) is 17.5. The number of halogens is 1. The Kier molecular flexibility index (Phi) is 6.38. The Morgan fingerprint density at radius 1 is 1.17 bits per heavy atom. The van der Waals surface area contributed by atoms with E-state index in [9.17, 15) is 9.59 Å². The third kappa shape index (κ3) is 5.10. The number of Topliss-reactive ketones (excluding diaryl/α,β-unsaturated/α-hetero) is 1. The molecule has 2 aromatic carbocycles. The van der Waals surface area contributed by atoms with Crippen molar-refractivity contribution in [1.29, 1.82) is 0 Å². The highest BCUT2D eigenvalue weighted by molar-refractivity contribution is 6.36. The zero-order valence-electron chi connectivity index (χ0n) is 13.8. The van der Waals surface area contributed by atoms with E-state index in [0.717, 1.165) is 22.4 Å². The van der Waals surface area contributed by atoms with Crippen LogP contribution in [0.3, 0.4) is 0 Å². The molecule has 1 amide bonds. The molecule has 0 aliphatic carbocycles. The number of methoxy groups -OCH3 is 1. The topological polar surface area (TPSA) is 55.4 Å². The minimum absolute atomic E-state index is 0.0774. The molecule has 0 saturated carbocycles. The lowest BCUT2D eigenvalue weighted by atomic mass is 10.0. The highest BCUT2D eigenvalue weighted by atomic mass is 35.5. The van der Waals surface area contributed by atoms with E-state index in [1.165, 1.54) is 0 Å². The number of carbonyl (C=O) groups is 2. The molecule has 0 radical (unpaired) electrons. The highest BCUT2D eigenvalue weighted by Gasteiger charge is 2.15. The van der Waals surface area contributed by atoms with Crippen molar-refractivity contribution in [2.45, 2.75) is 19.8 Å². The van der Waals surface area contributed by atoms with E-state index in [0.29, 0.717) is 18.0 Å². The van der Waals surface area contributed by atoms with E-state index in [-0.39, 0.29) is 6.42 Å². The van der Waals surface area contributed by atoms with Crippen molar-refractivity contribution >= 4 is 23.3 Å². The molecular weight excluding hydrogens is 326 g/mol. The lowest BCUT2D eigenvalue weighted by Gasteiger charge is -2.08. The second-order valence-electron chi connectivity index (χ2n) is 5.53. The zero-order valence-corrected chi connectivity index (χ0v) is 14.5. The molecule has 0 unspecified atom stereocenters. The van der Waals surface area contributed by atoms with Crippen LogP contribution in [0.25, 0.3) is 0 Å². The van der Waals surface area contributed by atoms with Gasteiger partial charge in [0.15, 0.2) is 0 Å². The van der Waals surface area contributed by atoms with Crippen molar-refractivity contribution in [3.05, 3.63) is 64.2 Å². The Hall–Kier alpha value is -2.33. The van der Waals surface area contributed by atoms with Gasteiger partial charge in [-0.1, -0.05) is 29.8 Å². The standard InChI is InChI=1S/C19H20ClNO3/c1-13-10-16(20)7-6-15(13)12-18(22)19(23)21-9-8-14-4-3-5-17(11-14)24-2/h3-7,10-11H,8-9,12H2,1-2H3,(H,21,23). The first kappa shape index (κ1) is 18.0. The molecule has 126 valence electrons. The van der Waals surface area contributed by atoms with Crippen LogP contribution >= 0.6 is 11.6 Å². The number of carbonyl (C=O) groups excluding carboxylic acids is 2. The lowest BCUT2D eigenvalue weighted by molar-refractivity contribution is -0.137. The third-order valence-corrected chi connectivity index (χ3v) is 3.98. The number of ketones is 1. The number of benzene rings is 2. The number of rotatable bonds is 7. The normalized spacial score (nSPS) is 10.3. The van der Waals surface area contributed by atoms with Crippen LogP contribution in [0.1, 0.15) is 16.7 Å². The van der Waals surface area contributed by atoms with Gasteiger partial charge in [-0.25, -0.2) is 0 Å². The van der Waals surface area contributed by atoms with Gasteiger partial charge in [0.1, 0.15) is 5.75 Å².